The quantitative estimate of drug-likeness (QED) is 0.493. The maximum absolute atomic E-state index is 12.3. The fourth-order valence-electron chi connectivity index (χ4n) is 4.25. The van der Waals surface area contributed by atoms with Gasteiger partial charge in [0, 0.05) is 25.9 Å². The van der Waals surface area contributed by atoms with Crippen LogP contribution >= 0.6 is 0 Å². The molecule has 0 spiro atoms. The smallest absolute Gasteiger partial charge is 0.318 e. The van der Waals surface area contributed by atoms with Gasteiger partial charge in [-0.2, -0.15) is 0 Å². The van der Waals surface area contributed by atoms with Crippen molar-refractivity contribution in [3.05, 3.63) is 53.9 Å². The van der Waals surface area contributed by atoms with E-state index in [4.69, 9.17) is 0 Å². The molecule has 2 amide bonds. The van der Waals surface area contributed by atoms with E-state index in [1.165, 1.54) is 12.8 Å². The lowest BCUT2D eigenvalue weighted by molar-refractivity contribution is 0.201. The minimum absolute atomic E-state index is 0.000934. The van der Waals surface area contributed by atoms with Gasteiger partial charge < -0.3 is 15.3 Å². The molecule has 2 aromatic rings. The third-order valence-electron chi connectivity index (χ3n) is 6.32. The number of rotatable bonds is 11. The van der Waals surface area contributed by atoms with Gasteiger partial charge >= 0.3 is 6.03 Å². The zero-order chi connectivity index (χ0) is 20.8. The SMILES string of the molecule is O=C1NC[C@H](C=CC(O)Cc2ccccc2)N1CCC1(CCCc2nnn[nH]2)CC1. The number of aryl methyl sites for hydroxylation is 1. The molecule has 1 aromatic carbocycles. The molecule has 1 aliphatic heterocycles. The molecule has 1 saturated carbocycles. The second-order valence-corrected chi connectivity index (χ2v) is 8.54. The van der Waals surface area contributed by atoms with Gasteiger partial charge in [0.25, 0.3) is 0 Å². The van der Waals surface area contributed by atoms with Crippen molar-refractivity contribution < 1.29 is 9.90 Å². The molecule has 0 bridgehead atoms. The minimum Gasteiger partial charge on any atom is -0.389 e. The zero-order valence-electron chi connectivity index (χ0n) is 17.2. The van der Waals surface area contributed by atoms with Gasteiger partial charge in [-0.25, -0.2) is 9.89 Å². The number of aromatic nitrogens is 4. The van der Waals surface area contributed by atoms with Crippen LogP contribution in [0.3, 0.4) is 0 Å². The van der Waals surface area contributed by atoms with Gasteiger partial charge in [0.05, 0.1) is 12.1 Å². The number of tetrazole rings is 1. The summed E-state index contributed by atoms with van der Waals surface area (Å²) in [6.07, 6.45) is 10.4. The van der Waals surface area contributed by atoms with Crippen LogP contribution in [0, 0.1) is 5.41 Å². The van der Waals surface area contributed by atoms with Crippen LogP contribution in [0.1, 0.15) is 43.5 Å². The third kappa shape index (κ3) is 5.44. The number of carbonyl (C=O) groups excluding carboxylic acids is 1. The first-order chi connectivity index (χ1) is 14.6. The van der Waals surface area contributed by atoms with E-state index in [2.05, 4.69) is 25.9 Å². The highest BCUT2D eigenvalue weighted by atomic mass is 16.3. The summed E-state index contributed by atoms with van der Waals surface area (Å²) in [7, 11) is 0. The molecular weight excluding hydrogens is 380 g/mol. The Hall–Kier alpha value is -2.74. The number of nitrogens with zero attached hydrogens (tertiary/aromatic N) is 4. The molecule has 3 N–H and O–H groups in total. The van der Waals surface area contributed by atoms with Crippen LogP contribution in [0.4, 0.5) is 4.79 Å². The summed E-state index contributed by atoms with van der Waals surface area (Å²) in [5.74, 6) is 0.837. The standard InChI is InChI=1S/C22H30N6O2/c29-19(15-17-5-2-1-3-6-17)9-8-18-16-23-21(30)28(18)14-13-22(11-12-22)10-4-7-20-24-26-27-25-20/h1-3,5-6,8-9,18-19,29H,4,7,10-16H2,(H,23,30)(H,24,25,26,27)/t18-,19?/m0/s1. The third-order valence-corrected chi connectivity index (χ3v) is 6.32. The number of benzene rings is 1. The van der Waals surface area contributed by atoms with E-state index in [0.717, 1.165) is 43.6 Å². The van der Waals surface area contributed by atoms with E-state index in [0.29, 0.717) is 18.4 Å². The minimum atomic E-state index is -0.551. The highest BCUT2D eigenvalue weighted by Gasteiger charge is 2.42. The number of amides is 2. The summed E-state index contributed by atoms with van der Waals surface area (Å²) < 4.78 is 0. The number of hydrogen-bond donors (Lipinski definition) is 3. The van der Waals surface area contributed by atoms with Crippen LogP contribution in [0.25, 0.3) is 0 Å². The second kappa shape index (κ2) is 9.38. The summed E-state index contributed by atoms with van der Waals surface area (Å²) in [6, 6.07) is 9.93. The number of carbonyl (C=O) groups is 1. The maximum atomic E-state index is 12.3. The van der Waals surface area contributed by atoms with E-state index in [1.807, 2.05) is 47.4 Å². The monoisotopic (exact) mass is 410 g/mol. The average molecular weight is 411 g/mol. The van der Waals surface area contributed by atoms with Gasteiger partial charge in [0.1, 0.15) is 5.82 Å². The Labute approximate surface area is 176 Å². The summed E-state index contributed by atoms with van der Waals surface area (Å²) in [5, 5.41) is 27.3. The van der Waals surface area contributed by atoms with E-state index < -0.39 is 6.10 Å². The Morgan fingerprint density at radius 2 is 2.10 bits per heavy atom. The molecule has 1 unspecified atom stereocenters. The molecule has 2 aliphatic rings. The molecule has 0 radical (unpaired) electrons. The average Bonchev–Trinajstić information content (AvgIpc) is 3.15. The molecule has 4 rings (SSSR count). The number of urea groups is 1. The zero-order valence-corrected chi connectivity index (χ0v) is 17.2. The number of nitrogens with one attached hydrogen (secondary N) is 2. The Morgan fingerprint density at radius 1 is 1.27 bits per heavy atom. The second-order valence-electron chi connectivity index (χ2n) is 8.54. The lowest BCUT2D eigenvalue weighted by Gasteiger charge is -2.24. The summed E-state index contributed by atoms with van der Waals surface area (Å²) in [4.78, 5) is 14.2. The van der Waals surface area contributed by atoms with Crippen molar-refractivity contribution in [1.29, 1.82) is 0 Å². The molecule has 1 aromatic heterocycles. The van der Waals surface area contributed by atoms with Gasteiger partial charge in [-0.1, -0.05) is 42.5 Å². The van der Waals surface area contributed by atoms with E-state index in [1.54, 1.807) is 0 Å². The highest BCUT2D eigenvalue weighted by Crippen LogP contribution is 2.52. The van der Waals surface area contributed by atoms with E-state index in [-0.39, 0.29) is 12.1 Å². The molecule has 30 heavy (non-hydrogen) atoms. The van der Waals surface area contributed by atoms with Crippen LogP contribution in [0.5, 0.6) is 0 Å². The van der Waals surface area contributed by atoms with Crippen molar-refractivity contribution in [2.45, 2.75) is 57.1 Å². The molecule has 2 atom stereocenters. The number of aliphatic hydroxyl groups is 1. The van der Waals surface area contributed by atoms with Crippen LogP contribution in [0.15, 0.2) is 42.5 Å². The Kier molecular flexibility index (Phi) is 6.42. The predicted molar refractivity (Wildman–Crippen MR) is 113 cm³/mol. The first-order valence-corrected chi connectivity index (χ1v) is 10.8. The highest BCUT2D eigenvalue weighted by molar-refractivity contribution is 5.77. The van der Waals surface area contributed by atoms with Gasteiger partial charge in [0.2, 0.25) is 0 Å². The first-order valence-electron chi connectivity index (χ1n) is 10.8. The van der Waals surface area contributed by atoms with Crippen LogP contribution < -0.4 is 5.32 Å². The lowest BCUT2D eigenvalue weighted by Crippen LogP contribution is -2.35. The molecule has 160 valence electrons. The van der Waals surface area contributed by atoms with Crippen molar-refractivity contribution >= 4 is 6.03 Å². The number of aromatic amines is 1. The first kappa shape index (κ1) is 20.5. The molecule has 2 fully saturated rings. The van der Waals surface area contributed by atoms with Crippen molar-refractivity contribution in [3.63, 3.8) is 0 Å². The van der Waals surface area contributed by atoms with Crippen molar-refractivity contribution in [2.75, 3.05) is 13.1 Å². The summed E-state index contributed by atoms with van der Waals surface area (Å²) in [5.41, 5.74) is 1.46. The molecule has 1 aliphatic carbocycles. The topological polar surface area (TPSA) is 107 Å². The Bertz CT molecular complexity index is 835. The van der Waals surface area contributed by atoms with E-state index in [9.17, 15) is 9.90 Å². The maximum Gasteiger partial charge on any atom is 0.318 e. The number of H-pyrrole nitrogens is 1. The fraction of sp³-hybridized carbons (Fsp3) is 0.545. The molecule has 8 nitrogen and oxygen atoms in total. The van der Waals surface area contributed by atoms with Crippen molar-refractivity contribution in [3.8, 4) is 0 Å². The van der Waals surface area contributed by atoms with Crippen LogP contribution in [-0.2, 0) is 12.8 Å². The Balaban J connectivity index is 1.24. The lowest BCUT2D eigenvalue weighted by atomic mass is 9.94. The molecule has 8 heteroatoms. The predicted octanol–water partition coefficient (Wildman–Crippen LogP) is 2.25. The van der Waals surface area contributed by atoms with Gasteiger partial charge in [-0.05, 0) is 53.5 Å². The van der Waals surface area contributed by atoms with Crippen LogP contribution in [-0.4, -0.2) is 61.9 Å². The largest absolute Gasteiger partial charge is 0.389 e. The molecule has 1 saturated heterocycles. The summed E-state index contributed by atoms with van der Waals surface area (Å²) >= 11 is 0. The van der Waals surface area contributed by atoms with Gasteiger partial charge in [-0.3, -0.25) is 0 Å². The summed E-state index contributed by atoms with van der Waals surface area (Å²) in [6.45, 7) is 1.35. The Morgan fingerprint density at radius 3 is 2.83 bits per heavy atom. The molecule has 2 heterocycles. The van der Waals surface area contributed by atoms with Gasteiger partial charge in [-0.15, -0.1) is 5.10 Å². The van der Waals surface area contributed by atoms with Gasteiger partial charge in [0.15, 0.2) is 0 Å². The normalized spacial score (nSPS) is 21.2. The van der Waals surface area contributed by atoms with Crippen molar-refractivity contribution in [1.82, 2.24) is 30.8 Å². The molecular formula is C22H30N6O2. The fourth-order valence-corrected chi connectivity index (χ4v) is 4.25. The van der Waals surface area contributed by atoms with E-state index >= 15 is 0 Å². The van der Waals surface area contributed by atoms with Crippen LogP contribution in [0.2, 0.25) is 0 Å². The number of aliphatic hydroxyl groups excluding tert-OH is 1. The number of hydrogen-bond acceptors (Lipinski definition) is 5. The van der Waals surface area contributed by atoms with Crippen molar-refractivity contribution in [2.24, 2.45) is 5.41 Å².